The average Bonchev–Trinajstić information content (AvgIpc) is 2.89. The molecule has 9 heteroatoms. The van der Waals surface area contributed by atoms with Crippen LogP contribution in [0.5, 0.6) is 5.75 Å². The molecule has 0 heterocycles. The standard InChI is InChI=1S/C33H36ClN3O5/c1-8-37(31(40)26(35-32(41)42-33(5,6)7)19-23-15-17-24(38)18-16-23)29(27-20(2)11-9-12-21(27)3)30(39)36-28-22(4)13-10-14-25(28)34/h1,9-18,26,29,38H,19H2,2-7H3,(H,35,41)(H,36,39). The quantitative estimate of drug-likeness (QED) is 0.214. The molecular formula is C33H36ClN3O5. The number of aryl methyl sites for hydroxylation is 3. The zero-order valence-corrected chi connectivity index (χ0v) is 25.4. The predicted octanol–water partition coefficient (Wildman–Crippen LogP) is 6.21. The number of amides is 3. The first-order valence-electron chi connectivity index (χ1n) is 13.4. The minimum Gasteiger partial charge on any atom is -0.508 e. The first-order valence-corrected chi connectivity index (χ1v) is 13.8. The van der Waals surface area contributed by atoms with Crippen molar-refractivity contribution in [3.63, 3.8) is 0 Å². The number of nitrogens with one attached hydrogen (secondary N) is 2. The molecule has 42 heavy (non-hydrogen) atoms. The number of halogens is 1. The molecule has 2 unspecified atom stereocenters. The Labute approximate surface area is 252 Å². The number of nitrogens with zero attached hydrogens (tertiary/aromatic N) is 1. The Balaban J connectivity index is 2.10. The summed E-state index contributed by atoms with van der Waals surface area (Å²) in [6, 6.07) is 16.9. The molecule has 0 bridgehead atoms. The van der Waals surface area contributed by atoms with Gasteiger partial charge in [-0.3, -0.25) is 14.5 Å². The largest absolute Gasteiger partial charge is 0.508 e. The third kappa shape index (κ3) is 8.05. The van der Waals surface area contributed by atoms with Gasteiger partial charge in [-0.2, -0.15) is 0 Å². The molecule has 0 spiro atoms. The van der Waals surface area contributed by atoms with Gasteiger partial charge in [-0.1, -0.05) is 60.5 Å². The number of carbonyl (C=O) groups is 3. The molecule has 0 aliphatic rings. The van der Waals surface area contributed by atoms with E-state index in [9.17, 15) is 19.5 Å². The van der Waals surface area contributed by atoms with E-state index in [1.807, 2.05) is 32.0 Å². The second kappa shape index (κ2) is 13.5. The van der Waals surface area contributed by atoms with Gasteiger partial charge in [0, 0.05) is 12.5 Å². The second-order valence-electron chi connectivity index (χ2n) is 11.0. The van der Waals surface area contributed by atoms with Crippen molar-refractivity contribution in [3.8, 4) is 18.2 Å². The summed E-state index contributed by atoms with van der Waals surface area (Å²) >= 11 is 6.41. The maximum Gasteiger partial charge on any atom is 0.408 e. The Morgan fingerprint density at radius 1 is 0.976 bits per heavy atom. The topological polar surface area (TPSA) is 108 Å². The van der Waals surface area contributed by atoms with Gasteiger partial charge >= 0.3 is 6.09 Å². The summed E-state index contributed by atoms with van der Waals surface area (Å²) in [6.07, 6.45) is 5.15. The fourth-order valence-corrected chi connectivity index (χ4v) is 4.84. The third-order valence-electron chi connectivity index (χ3n) is 6.53. The zero-order chi connectivity index (χ0) is 31.2. The molecule has 3 aromatic carbocycles. The van der Waals surface area contributed by atoms with Crippen LogP contribution in [0.25, 0.3) is 0 Å². The number of benzene rings is 3. The number of hydrogen-bond acceptors (Lipinski definition) is 5. The molecule has 3 rings (SSSR count). The Morgan fingerprint density at radius 3 is 2.10 bits per heavy atom. The number of rotatable bonds is 8. The number of phenolic OH excluding ortho intramolecular Hbond substituents is 1. The average molecular weight is 590 g/mol. The lowest BCUT2D eigenvalue weighted by atomic mass is 9.93. The highest BCUT2D eigenvalue weighted by molar-refractivity contribution is 6.34. The van der Waals surface area contributed by atoms with Crippen LogP contribution in [0.15, 0.2) is 60.7 Å². The van der Waals surface area contributed by atoms with Crippen LogP contribution >= 0.6 is 11.6 Å². The highest BCUT2D eigenvalue weighted by Crippen LogP contribution is 2.32. The Bertz CT molecular complexity index is 1470. The van der Waals surface area contributed by atoms with Crippen molar-refractivity contribution in [2.24, 2.45) is 0 Å². The summed E-state index contributed by atoms with van der Waals surface area (Å²) in [4.78, 5) is 42.1. The number of anilines is 1. The number of terminal acetylenes is 1. The molecule has 0 aliphatic heterocycles. The van der Waals surface area contributed by atoms with Crippen molar-refractivity contribution >= 4 is 35.2 Å². The van der Waals surface area contributed by atoms with E-state index in [4.69, 9.17) is 22.8 Å². The van der Waals surface area contributed by atoms with Gasteiger partial charge in [0.2, 0.25) is 0 Å². The molecule has 3 aromatic rings. The van der Waals surface area contributed by atoms with Gasteiger partial charge in [-0.25, -0.2) is 4.79 Å². The number of aromatic hydroxyl groups is 1. The van der Waals surface area contributed by atoms with Gasteiger partial charge in [0.1, 0.15) is 23.4 Å². The van der Waals surface area contributed by atoms with Crippen molar-refractivity contribution in [3.05, 3.63) is 93.5 Å². The third-order valence-corrected chi connectivity index (χ3v) is 6.85. The lowest BCUT2D eigenvalue weighted by Gasteiger charge is -2.32. The summed E-state index contributed by atoms with van der Waals surface area (Å²) in [6.45, 7) is 10.6. The molecule has 8 nitrogen and oxygen atoms in total. The van der Waals surface area contributed by atoms with E-state index in [1.165, 1.54) is 12.1 Å². The maximum absolute atomic E-state index is 14.2. The smallest absolute Gasteiger partial charge is 0.408 e. The SMILES string of the molecule is C#CN(C(=O)C(Cc1ccc(O)cc1)NC(=O)OC(C)(C)C)C(C(=O)Nc1c(C)cccc1Cl)c1c(C)cccc1C. The fraction of sp³-hybridized carbons (Fsp3) is 0.303. The predicted molar refractivity (Wildman–Crippen MR) is 164 cm³/mol. The van der Waals surface area contributed by atoms with E-state index in [1.54, 1.807) is 58.0 Å². The minimum absolute atomic E-state index is 0.0151. The van der Waals surface area contributed by atoms with E-state index >= 15 is 0 Å². The van der Waals surface area contributed by atoms with Crippen LogP contribution in [0.4, 0.5) is 10.5 Å². The normalized spacial score (nSPS) is 12.4. The Kier molecular flexibility index (Phi) is 10.3. The highest BCUT2D eigenvalue weighted by Gasteiger charge is 2.37. The number of hydrogen-bond donors (Lipinski definition) is 3. The van der Waals surface area contributed by atoms with E-state index < -0.39 is 35.6 Å². The molecule has 0 aliphatic carbocycles. The van der Waals surface area contributed by atoms with Crippen LogP contribution in [0.2, 0.25) is 5.02 Å². The highest BCUT2D eigenvalue weighted by atomic mass is 35.5. The molecule has 0 saturated carbocycles. The van der Waals surface area contributed by atoms with Crippen LogP contribution in [0.1, 0.15) is 54.6 Å². The first kappa shape index (κ1) is 32.0. The summed E-state index contributed by atoms with van der Waals surface area (Å²) in [5.74, 6) is -1.22. The summed E-state index contributed by atoms with van der Waals surface area (Å²) in [7, 11) is 0. The number of phenols is 1. The number of carbonyl (C=O) groups excluding carboxylic acids is 3. The van der Waals surface area contributed by atoms with Gasteiger partial charge in [0.05, 0.1) is 10.7 Å². The van der Waals surface area contributed by atoms with Gasteiger partial charge in [-0.15, -0.1) is 0 Å². The summed E-state index contributed by atoms with van der Waals surface area (Å²) < 4.78 is 5.42. The number of ether oxygens (including phenoxy) is 1. The van der Waals surface area contributed by atoms with Crippen molar-refractivity contribution in [1.82, 2.24) is 10.2 Å². The maximum atomic E-state index is 14.2. The molecule has 0 radical (unpaired) electrons. The fourth-order valence-electron chi connectivity index (χ4n) is 4.57. The van der Waals surface area contributed by atoms with Gasteiger partial charge in [0.25, 0.3) is 11.8 Å². The lowest BCUT2D eigenvalue weighted by molar-refractivity contribution is -0.136. The molecule has 0 saturated heterocycles. The van der Waals surface area contributed by atoms with E-state index in [0.717, 1.165) is 21.6 Å². The van der Waals surface area contributed by atoms with Crippen LogP contribution < -0.4 is 10.6 Å². The Hall–Kier alpha value is -4.48. The van der Waals surface area contributed by atoms with Crippen molar-refractivity contribution in [2.75, 3.05) is 5.32 Å². The molecular weight excluding hydrogens is 554 g/mol. The minimum atomic E-state index is -1.26. The molecule has 0 fully saturated rings. The van der Waals surface area contributed by atoms with Crippen LogP contribution in [-0.2, 0) is 20.7 Å². The Morgan fingerprint density at radius 2 is 1.55 bits per heavy atom. The van der Waals surface area contributed by atoms with Crippen molar-refractivity contribution in [1.29, 1.82) is 0 Å². The number of para-hydroxylation sites is 1. The molecule has 3 N–H and O–H groups in total. The van der Waals surface area contributed by atoms with E-state index in [-0.39, 0.29) is 12.2 Å². The number of alkyl carbamates (subject to hydrolysis) is 1. The molecule has 220 valence electrons. The van der Waals surface area contributed by atoms with Crippen LogP contribution in [0.3, 0.4) is 0 Å². The first-order chi connectivity index (χ1) is 19.7. The monoisotopic (exact) mass is 589 g/mol. The second-order valence-corrected chi connectivity index (χ2v) is 11.4. The van der Waals surface area contributed by atoms with Gasteiger partial charge < -0.3 is 20.5 Å². The van der Waals surface area contributed by atoms with E-state index in [2.05, 4.69) is 16.7 Å². The van der Waals surface area contributed by atoms with E-state index in [0.29, 0.717) is 21.8 Å². The lowest BCUT2D eigenvalue weighted by Crippen LogP contribution is -2.52. The van der Waals surface area contributed by atoms with Crippen LogP contribution in [-0.4, -0.2) is 39.6 Å². The summed E-state index contributed by atoms with van der Waals surface area (Å²) in [5, 5.41) is 15.6. The molecule has 2 atom stereocenters. The van der Waals surface area contributed by atoms with Gasteiger partial charge in [0.15, 0.2) is 0 Å². The van der Waals surface area contributed by atoms with Crippen molar-refractivity contribution in [2.45, 2.75) is 65.6 Å². The molecule has 0 aromatic heterocycles. The zero-order valence-electron chi connectivity index (χ0n) is 24.6. The van der Waals surface area contributed by atoms with Crippen molar-refractivity contribution < 1.29 is 24.2 Å². The summed E-state index contributed by atoms with van der Waals surface area (Å²) in [5.41, 5.74) is 2.98. The molecule has 3 amide bonds. The van der Waals surface area contributed by atoms with Gasteiger partial charge in [-0.05, 0) is 87.6 Å². The van der Waals surface area contributed by atoms with Crippen LogP contribution in [0, 0.1) is 33.2 Å².